The monoisotopic (exact) mass is 330 g/mol. The summed E-state index contributed by atoms with van der Waals surface area (Å²) >= 11 is 0. The molecule has 1 aliphatic rings. The normalized spacial score (nSPS) is 16.3. The summed E-state index contributed by atoms with van der Waals surface area (Å²) in [6, 6.07) is 7.86. The minimum absolute atomic E-state index is 0.0208. The Bertz CT molecular complexity index is 686. The molecule has 128 valence electrons. The predicted molar refractivity (Wildman–Crippen MR) is 87.7 cm³/mol. The third kappa shape index (κ3) is 3.91. The number of para-hydroxylation sites is 1. The Morgan fingerprint density at radius 2 is 2.33 bits per heavy atom. The molecular weight excluding hydrogens is 308 g/mol. The Morgan fingerprint density at radius 1 is 1.46 bits per heavy atom. The van der Waals surface area contributed by atoms with E-state index in [0.717, 1.165) is 17.1 Å². The molecule has 0 saturated heterocycles. The van der Waals surface area contributed by atoms with Crippen molar-refractivity contribution >= 4 is 5.91 Å². The van der Waals surface area contributed by atoms with Gasteiger partial charge in [0.2, 0.25) is 5.91 Å². The number of nitrogens with zero attached hydrogens (tertiary/aromatic N) is 3. The van der Waals surface area contributed by atoms with Crippen molar-refractivity contribution < 1.29 is 14.3 Å². The molecule has 0 unspecified atom stereocenters. The summed E-state index contributed by atoms with van der Waals surface area (Å²) in [4.78, 5) is 12.3. The van der Waals surface area contributed by atoms with Crippen LogP contribution < -0.4 is 10.1 Å². The van der Waals surface area contributed by atoms with Crippen LogP contribution >= 0.6 is 0 Å². The van der Waals surface area contributed by atoms with E-state index >= 15 is 0 Å². The van der Waals surface area contributed by atoms with E-state index in [1.54, 1.807) is 13.4 Å². The van der Waals surface area contributed by atoms with Gasteiger partial charge < -0.3 is 19.4 Å². The van der Waals surface area contributed by atoms with Gasteiger partial charge in [-0.2, -0.15) is 0 Å². The molecule has 1 aromatic carbocycles. The quantitative estimate of drug-likeness (QED) is 0.814. The smallest absolute Gasteiger partial charge is 0.226 e. The van der Waals surface area contributed by atoms with Crippen molar-refractivity contribution in [1.82, 2.24) is 20.1 Å². The molecule has 0 radical (unpaired) electrons. The molecule has 24 heavy (non-hydrogen) atoms. The number of fused-ring (bicyclic) bond motifs is 1. The fraction of sp³-hybridized carbons (Fsp3) is 0.471. The molecule has 2 aromatic rings. The maximum absolute atomic E-state index is 12.3. The van der Waals surface area contributed by atoms with Gasteiger partial charge in [0.1, 0.15) is 24.5 Å². The molecule has 7 heteroatoms. The summed E-state index contributed by atoms with van der Waals surface area (Å²) in [6.07, 6.45) is 3.04. The molecule has 0 bridgehead atoms. The van der Waals surface area contributed by atoms with E-state index < -0.39 is 0 Å². The average molecular weight is 330 g/mol. The van der Waals surface area contributed by atoms with Crippen LogP contribution in [0.15, 0.2) is 30.6 Å². The number of methoxy groups -OCH3 is 1. The number of carbonyl (C=O) groups is 1. The third-order valence-electron chi connectivity index (χ3n) is 4.13. The van der Waals surface area contributed by atoms with E-state index in [1.165, 1.54) is 0 Å². The number of hydrogen-bond donors (Lipinski definition) is 1. The van der Waals surface area contributed by atoms with E-state index in [2.05, 4.69) is 15.5 Å². The zero-order valence-corrected chi connectivity index (χ0v) is 13.8. The van der Waals surface area contributed by atoms with Gasteiger partial charge in [0.25, 0.3) is 0 Å². The molecular formula is C17H22N4O3. The molecule has 0 aliphatic carbocycles. The van der Waals surface area contributed by atoms with Crippen LogP contribution in [0.1, 0.15) is 11.4 Å². The van der Waals surface area contributed by atoms with Crippen molar-refractivity contribution in [2.45, 2.75) is 19.4 Å². The predicted octanol–water partition coefficient (Wildman–Crippen LogP) is 0.835. The first-order chi connectivity index (χ1) is 11.8. The highest BCUT2D eigenvalue weighted by molar-refractivity contribution is 5.79. The number of hydrogen-bond acceptors (Lipinski definition) is 5. The Hall–Kier alpha value is -2.41. The van der Waals surface area contributed by atoms with Gasteiger partial charge in [-0.1, -0.05) is 18.2 Å². The van der Waals surface area contributed by atoms with E-state index in [9.17, 15) is 4.79 Å². The van der Waals surface area contributed by atoms with E-state index in [0.29, 0.717) is 39.1 Å². The number of nitrogens with one attached hydrogen (secondary N) is 1. The minimum atomic E-state index is -0.147. The third-order valence-corrected chi connectivity index (χ3v) is 4.13. The SMILES string of the molecule is COCCn1cnnc1CCNC(=O)[C@H]1COc2ccccc2C1. The molecule has 1 amide bonds. The summed E-state index contributed by atoms with van der Waals surface area (Å²) < 4.78 is 12.7. The lowest BCUT2D eigenvalue weighted by molar-refractivity contribution is -0.126. The number of ether oxygens (including phenoxy) is 2. The second-order valence-electron chi connectivity index (χ2n) is 5.79. The van der Waals surface area contributed by atoms with Gasteiger partial charge in [-0.05, 0) is 18.1 Å². The zero-order valence-electron chi connectivity index (χ0n) is 13.8. The first-order valence-electron chi connectivity index (χ1n) is 8.12. The molecule has 0 fully saturated rings. The van der Waals surface area contributed by atoms with Gasteiger partial charge in [-0.25, -0.2) is 0 Å². The molecule has 1 aliphatic heterocycles. The van der Waals surface area contributed by atoms with Crippen molar-refractivity contribution in [3.63, 3.8) is 0 Å². The van der Waals surface area contributed by atoms with Crippen molar-refractivity contribution in [1.29, 1.82) is 0 Å². The number of amides is 1. The lowest BCUT2D eigenvalue weighted by Crippen LogP contribution is -2.38. The maximum Gasteiger partial charge on any atom is 0.226 e. The molecule has 7 nitrogen and oxygen atoms in total. The van der Waals surface area contributed by atoms with Crippen molar-refractivity contribution in [2.24, 2.45) is 5.92 Å². The zero-order chi connectivity index (χ0) is 16.8. The molecule has 2 heterocycles. The second kappa shape index (κ2) is 7.92. The Morgan fingerprint density at radius 3 is 3.21 bits per heavy atom. The van der Waals surface area contributed by atoms with Gasteiger partial charge in [-0.3, -0.25) is 4.79 Å². The fourth-order valence-corrected chi connectivity index (χ4v) is 2.79. The van der Waals surface area contributed by atoms with Crippen LogP contribution in [0.5, 0.6) is 5.75 Å². The molecule has 0 spiro atoms. The molecule has 0 saturated carbocycles. The van der Waals surface area contributed by atoms with E-state index in [4.69, 9.17) is 9.47 Å². The Balaban J connectivity index is 1.47. The van der Waals surface area contributed by atoms with Gasteiger partial charge >= 0.3 is 0 Å². The van der Waals surface area contributed by atoms with Gasteiger partial charge in [0, 0.05) is 26.6 Å². The second-order valence-corrected chi connectivity index (χ2v) is 5.79. The summed E-state index contributed by atoms with van der Waals surface area (Å²) in [5.41, 5.74) is 1.09. The van der Waals surface area contributed by atoms with Crippen LogP contribution in [-0.4, -0.2) is 47.5 Å². The summed E-state index contributed by atoms with van der Waals surface area (Å²) in [5.74, 6) is 1.60. The lowest BCUT2D eigenvalue weighted by Gasteiger charge is -2.24. The highest BCUT2D eigenvalue weighted by Crippen LogP contribution is 2.26. The maximum atomic E-state index is 12.3. The minimum Gasteiger partial charge on any atom is -0.492 e. The van der Waals surface area contributed by atoms with Gasteiger partial charge in [0.05, 0.1) is 12.5 Å². The summed E-state index contributed by atoms with van der Waals surface area (Å²) in [5, 5.41) is 11.0. The average Bonchev–Trinajstić information content (AvgIpc) is 3.06. The number of benzene rings is 1. The molecule has 1 aromatic heterocycles. The first kappa shape index (κ1) is 16.4. The van der Waals surface area contributed by atoms with Gasteiger partial charge in [0.15, 0.2) is 0 Å². The number of aromatic nitrogens is 3. The van der Waals surface area contributed by atoms with Crippen LogP contribution in [0.25, 0.3) is 0 Å². The number of carbonyl (C=O) groups excluding carboxylic acids is 1. The summed E-state index contributed by atoms with van der Waals surface area (Å²) in [7, 11) is 1.66. The lowest BCUT2D eigenvalue weighted by atomic mass is 9.96. The van der Waals surface area contributed by atoms with Crippen LogP contribution in [0.4, 0.5) is 0 Å². The van der Waals surface area contributed by atoms with E-state index in [-0.39, 0.29) is 11.8 Å². The van der Waals surface area contributed by atoms with Crippen LogP contribution in [0, 0.1) is 5.92 Å². The standard InChI is InChI=1S/C17H22N4O3/c1-23-9-8-21-12-19-20-16(21)6-7-18-17(22)14-10-13-4-2-3-5-15(13)24-11-14/h2-5,12,14H,6-11H2,1H3,(H,18,22)/t14-/m1/s1. The van der Waals surface area contributed by atoms with Crippen molar-refractivity contribution in [3.8, 4) is 5.75 Å². The molecule has 1 atom stereocenters. The number of rotatable bonds is 7. The largest absolute Gasteiger partial charge is 0.492 e. The van der Waals surface area contributed by atoms with E-state index in [1.807, 2.05) is 28.8 Å². The van der Waals surface area contributed by atoms with Gasteiger partial charge in [-0.15, -0.1) is 10.2 Å². The van der Waals surface area contributed by atoms with Crippen LogP contribution in [-0.2, 0) is 28.9 Å². The summed E-state index contributed by atoms with van der Waals surface area (Å²) in [6.45, 7) is 2.27. The highest BCUT2D eigenvalue weighted by atomic mass is 16.5. The van der Waals surface area contributed by atoms with Crippen molar-refractivity contribution in [3.05, 3.63) is 42.0 Å². The Kier molecular flexibility index (Phi) is 5.43. The Labute approximate surface area is 141 Å². The van der Waals surface area contributed by atoms with Crippen LogP contribution in [0.2, 0.25) is 0 Å². The molecule has 1 N–H and O–H groups in total. The first-order valence-corrected chi connectivity index (χ1v) is 8.12. The molecule has 3 rings (SSSR count). The van der Waals surface area contributed by atoms with Crippen LogP contribution in [0.3, 0.4) is 0 Å². The highest BCUT2D eigenvalue weighted by Gasteiger charge is 2.25. The van der Waals surface area contributed by atoms with Crippen molar-refractivity contribution in [2.75, 3.05) is 26.9 Å². The topological polar surface area (TPSA) is 78.3 Å². The fourth-order valence-electron chi connectivity index (χ4n) is 2.79.